The summed E-state index contributed by atoms with van der Waals surface area (Å²) in [6.45, 7) is 1.44. The van der Waals surface area contributed by atoms with Crippen molar-refractivity contribution >= 4 is 24.2 Å². The third-order valence-corrected chi connectivity index (χ3v) is 2.95. The third kappa shape index (κ3) is 2.49. The number of rotatable bonds is 3. The Morgan fingerprint density at radius 2 is 1.78 bits per heavy atom. The summed E-state index contributed by atoms with van der Waals surface area (Å²) in [7, 11) is 0. The molecule has 2 rings (SSSR count). The van der Waals surface area contributed by atoms with Crippen molar-refractivity contribution in [3.8, 4) is 0 Å². The predicted octanol–water partition coefficient (Wildman–Crippen LogP) is 2.80. The van der Waals surface area contributed by atoms with E-state index in [0.717, 1.165) is 0 Å². The molecule has 1 heterocycles. The molecule has 0 bridgehead atoms. The molecule has 0 aliphatic rings. The van der Waals surface area contributed by atoms with Gasteiger partial charge in [-0.3, -0.25) is 14.6 Å². The number of nitrogens with zero attached hydrogens (tertiary/aromatic N) is 1. The number of ketones is 2. The van der Waals surface area contributed by atoms with Gasteiger partial charge in [-0.25, -0.2) is 0 Å². The minimum Gasteiger partial charge on any atom is -0.294 e. The Morgan fingerprint density at radius 1 is 1.11 bits per heavy atom. The van der Waals surface area contributed by atoms with Gasteiger partial charge in [-0.15, -0.1) is 12.6 Å². The molecule has 0 spiro atoms. The van der Waals surface area contributed by atoms with E-state index < -0.39 is 0 Å². The van der Waals surface area contributed by atoms with Crippen molar-refractivity contribution in [1.82, 2.24) is 4.98 Å². The van der Waals surface area contributed by atoms with Crippen molar-refractivity contribution in [2.24, 2.45) is 0 Å². The number of hydrogen-bond acceptors (Lipinski definition) is 4. The van der Waals surface area contributed by atoms with E-state index in [4.69, 9.17) is 0 Å². The Bertz CT molecular complexity index is 623. The summed E-state index contributed by atoms with van der Waals surface area (Å²) in [5.74, 6) is -0.299. The fraction of sp³-hybridized carbons (Fsp3) is 0.0714. The van der Waals surface area contributed by atoms with E-state index >= 15 is 0 Å². The molecule has 0 amide bonds. The van der Waals surface area contributed by atoms with Crippen molar-refractivity contribution in [2.45, 2.75) is 11.8 Å². The van der Waals surface area contributed by atoms with Crippen LogP contribution < -0.4 is 0 Å². The maximum atomic E-state index is 12.2. The van der Waals surface area contributed by atoms with Crippen LogP contribution in [0.3, 0.4) is 0 Å². The molecule has 3 nitrogen and oxygen atoms in total. The minimum atomic E-state index is -0.184. The van der Waals surface area contributed by atoms with Gasteiger partial charge in [0.2, 0.25) is 0 Å². The lowest BCUT2D eigenvalue weighted by Crippen LogP contribution is -2.05. The Labute approximate surface area is 110 Å². The second-order valence-corrected chi connectivity index (χ2v) is 4.35. The zero-order valence-electron chi connectivity index (χ0n) is 9.75. The van der Waals surface area contributed by atoms with Gasteiger partial charge in [-0.2, -0.15) is 0 Å². The Hall–Kier alpha value is -1.94. The van der Waals surface area contributed by atoms with Crippen molar-refractivity contribution < 1.29 is 9.59 Å². The van der Waals surface area contributed by atoms with E-state index in [2.05, 4.69) is 17.6 Å². The van der Waals surface area contributed by atoms with Crippen LogP contribution in [0.4, 0.5) is 0 Å². The van der Waals surface area contributed by atoms with E-state index in [1.165, 1.54) is 19.3 Å². The zero-order chi connectivity index (χ0) is 13.1. The van der Waals surface area contributed by atoms with Gasteiger partial charge in [0.1, 0.15) is 0 Å². The molecule has 1 aromatic carbocycles. The number of carbonyl (C=O) groups excluding carboxylic acids is 2. The van der Waals surface area contributed by atoms with Crippen LogP contribution in [0.2, 0.25) is 0 Å². The molecule has 0 radical (unpaired) electrons. The number of thiol groups is 1. The Morgan fingerprint density at radius 3 is 2.44 bits per heavy atom. The molecule has 0 atom stereocenters. The molecule has 0 saturated carbocycles. The van der Waals surface area contributed by atoms with Crippen molar-refractivity contribution in [3.05, 3.63) is 59.4 Å². The summed E-state index contributed by atoms with van der Waals surface area (Å²) >= 11 is 4.25. The average Bonchev–Trinajstić information content (AvgIpc) is 2.38. The Balaban J connectivity index is 2.44. The number of hydrogen-bond donors (Lipinski definition) is 1. The van der Waals surface area contributed by atoms with Gasteiger partial charge in [0.05, 0.1) is 0 Å². The lowest BCUT2D eigenvalue weighted by atomic mass is 10.0. The van der Waals surface area contributed by atoms with Gasteiger partial charge in [0.15, 0.2) is 11.6 Å². The summed E-state index contributed by atoms with van der Waals surface area (Å²) in [6.07, 6.45) is 2.90. The third-order valence-electron chi connectivity index (χ3n) is 2.56. The second kappa shape index (κ2) is 5.14. The van der Waals surface area contributed by atoms with Gasteiger partial charge in [0.25, 0.3) is 0 Å². The van der Waals surface area contributed by atoms with Crippen LogP contribution in [0.25, 0.3) is 0 Å². The summed E-state index contributed by atoms with van der Waals surface area (Å²) in [4.78, 5) is 28.0. The van der Waals surface area contributed by atoms with Crippen LogP contribution in [0.1, 0.15) is 33.2 Å². The zero-order valence-corrected chi connectivity index (χ0v) is 10.6. The van der Waals surface area contributed by atoms with Gasteiger partial charge >= 0.3 is 0 Å². The standard InChI is InChI=1S/C14H11NO2S/c1-9(16)10-6-11(8-15-7-10)14(17)12-4-2-3-5-13(12)18/h2-8,18H,1H3. The van der Waals surface area contributed by atoms with Crippen molar-refractivity contribution in [2.75, 3.05) is 0 Å². The molecule has 0 saturated heterocycles. The highest BCUT2D eigenvalue weighted by Crippen LogP contribution is 2.17. The molecule has 2 aromatic rings. The first-order valence-corrected chi connectivity index (χ1v) is 5.83. The minimum absolute atomic E-state index is 0.115. The molecule has 1 aromatic heterocycles. The molecule has 0 fully saturated rings. The van der Waals surface area contributed by atoms with E-state index in [1.807, 2.05) is 6.07 Å². The monoisotopic (exact) mass is 257 g/mol. The van der Waals surface area contributed by atoms with Crippen molar-refractivity contribution in [1.29, 1.82) is 0 Å². The summed E-state index contributed by atoms with van der Waals surface area (Å²) < 4.78 is 0. The predicted molar refractivity (Wildman–Crippen MR) is 71.4 cm³/mol. The van der Waals surface area contributed by atoms with E-state index in [9.17, 15) is 9.59 Å². The largest absolute Gasteiger partial charge is 0.294 e. The Kier molecular flexibility index (Phi) is 3.58. The van der Waals surface area contributed by atoms with E-state index in [1.54, 1.807) is 24.3 Å². The summed E-state index contributed by atoms with van der Waals surface area (Å²) in [6, 6.07) is 8.58. The molecule has 4 heteroatoms. The molecule has 18 heavy (non-hydrogen) atoms. The molecule has 90 valence electrons. The van der Waals surface area contributed by atoms with Crippen LogP contribution >= 0.6 is 12.6 Å². The maximum absolute atomic E-state index is 12.2. The smallest absolute Gasteiger partial charge is 0.195 e. The normalized spacial score (nSPS) is 10.1. The topological polar surface area (TPSA) is 47.0 Å². The second-order valence-electron chi connectivity index (χ2n) is 3.86. The van der Waals surface area contributed by atoms with Crippen LogP contribution in [0, 0.1) is 0 Å². The highest BCUT2D eigenvalue weighted by Gasteiger charge is 2.13. The first-order valence-electron chi connectivity index (χ1n) is 5.38. The van der Waals surface area contributed by atoms with Gasteiger partial charge < -0.3 is 0 Å². The first-order chi connectivity index (χ1) is 8.59. The van der Waals surface area contributed by atoms with Crippen molar-refractivity contribution in [3.63, 3.8) is 0 Å². The molecule has 0 aliphatic carbocycles. The van der Waals surface area contributed by atoms with E-state index in [-0.39, 0.29) is 11.6 Å². The lowest BCUT2D eigenvalue weighted by molar-refractivity contribution is 0.101. The number of pyridine rings is 1. The van der Waals surface area contributed by atoms with Gasteiger partial charge in [-0.1, -0.05) is 12.1 Å². The number of aromatic nitrogens is 1. The number of Topliss-reactive ketones (excluding diaryl/α,β-unsaturated/α-hetero) is 1. The van der Waals surface area contributed by atoms with E-state index in [0.29, 0.717) is 21.6 Å². The molecule has 0 unspecified atom stereocenters. The highest BCUT2D eigenvalue weighted by atomic mass is 32.1. The average molecular weight is 257 g/mol. The molecular weight excluding hydrogens is 246 g/mol. The number of carbonyl (C=O) groups is 2. The van der Waals surface area contributed by atoms with Gasteiger partial charge in [-0.05, 0) is 25.1 Å². The fourth-order valence-electron chi connectivity index (χ4n) is 1.58. The first kappa shape index (κ1) is 12.5. The maximum Gasteiger partial charge on any atom is 0.195 e. The molecule has 0 aliphatic heterocycles. The van der Waals surface area contributed by atoms with Crippen LogP contribution in [-0.4, -0.2) is 16.6 Å². The fourth-order valence-corrected chi connectivity index (χ4v) is 1.84. The van der Waals surface area contributed by atoms with Crippen LogP contribution in [0.15, 0.2) is 47.6 Å². The summed E-state index contributed by atoms with van der Waals surface area (Å²) in [5, 5.41) is 0. The highest BCUT2D eigenvalue weighted by molar-refractivity contribution is 7.80. The number of benzene rings is 1. The van der Waals surface area contributed by atoms with Crippen LogP contribution in [0.5, 0.6) is 0 Å². The molecular formula is C14H11NO2S. The van der Waals surface area contributed by atoms with Crippen LogP contribution in [-0.2, 0) is 0 Å². The molecule has 0 N–H and O–H groups in total. The summed E-state index contributed by atoms with van der Waals surface area (Å²) in [5.41, 5.74) is 1.32. The SMILES string of the molecule is CC(=O)c1cncc(C(=O)c2ccccc2S)c1. The van der Waals surface area contributed by atoms with Gasteiger partial charge in [0, 0.05) is 34.0 Å². The quantitative estimate of drug-likeness (QED) is 0.679. The lowest BCUT2D eigenvalue weighted by Gasteiger charge is -2.04.